The average Bonchev–Trinajstić information content (AvgIpc) is 2.83. The van der Waals surface area contributed by atoms with Crippen LogP contribution in [0.1, 0.15) is 163 Å². The van der Waals surface area contributed by atoms with Crippen LogP contribution in [-0.2, 0) is 4.79 Å². The average molecular weight is 475 g/mol. The van der Waals surface area contributed by atoms with Crippen molar-refractivity contribution >= 4 is 12.1 Å². The standard InChI is InChI=1S/C31H58N2O/c1-6-9-11-12-13-14-15-16-17-18-19-20-21-22-23-24-30(34)33-32-28-31(8-3,26-10-7-2)27-25-29(4)5/h27-28H,6-24,26H2,1-5H3,(H,33,34)/b32-28+. The predicted molar refractivity (Wildman–Crippen MR) is 151 cm³/mol. The molecule has 34 heavy (non-hydrogen) atoms. The molecule has 1 amide bonds. The van der Waals surface area contributed by atoms with Gasteiger partial charge in [0.2, 0.25) is 5.91 Å². The van der Waals surface area contributed by atoms with E-state index in [1.165, 1.54) is 89.0 Å². The molecule has 0 rings (SSSR count). The fourth-order valence-electron chi connectivity index (χ4n) is 4.28. The number of allylic oxidation sites excluding steroid dienone is 1. The maximum Gasteiger partial charge on any atom is 0.240 e. The molecule has 0 aromatic rings. The molecule has 0 aliphatic carbocycles. The molecule has 0 aromatic heterocycles. The highest BCUT2D eigenvalue weighted by Gasteiger charge is 2.22. The van der Waals surface area contributed by atoms with E-state index in [4.69, 9.17) is 0 Å². The van der Waals surface area contributed by atoms with E-state index in [-0.39, 0.29) is 11.3 Å². The monoisotopic (exact) mass is 474 g/mol. The first-order valence-electron chi connectivity index (χ1n) is 14.7. The van der Waals surface area contributed by atoms with Crippen LogP contribution >= 0.6 is 0 Å². The van der Waals surface area contributed by atoms with Crippen molar-refractivity contribution in [2.75, 3.05) is 0 Å². The van der Waals surface area contributed by atoms with Crippen LogP contribution in [0.4, 0.5) is 0 Å². The van der Waals surface area contributed by atoms with E-state index in [1.54, 1.807) is 0 Å². The van der Waals surface area contributed by atoms with Crippen LogP contribution in [0.25, 0.3) is 0 Å². The number of hydrogen-bond donors (Lipinski definition) is 1. The number of nitrogens with one attached hydrogen (secondary N) is 1. The molecule has 1 unspecified atom stereocenters. The summed E-state index contributed by atoms with van der Waals surface area (Å²) in [6.45, 7) is 10.8. The Morgan fingerprint density at radius 2 is 1.21 bits per heavy atom. The van der Waals surface area contributed by atoms with Crippen molar-refractivity contribution in [3.05, 3.63) is 17.4 Å². The summed E-state index contributed by atoms with van der Waals surface area (Å²) in [4.78, 5) is 12.2. The van der Waals surface area contributed by atoms with Gasteiger partial charge in [-0.15, -0.1) is 5.73 Å². The van der Waals surface area contributed by atoms with Crippen LogP contribution < -0.4 is 5.43 Å². The Hall–Kier alpha value is -1.34. The summed E-state index contributed by atoms with van der Waals surface area (Å²) in [7, 11) is 0. The van der Waals surface area contributed by atoms with Gasteiger partial charge in [0.25, 0.3) is 0 Å². The molecule has 1 atom stereocenters. The molecule has 0 spiro atoms. The van der Waals surface area contributed by atoms with Gasteiger partial charge in [-0.25, -0.2) is 5.43 Å². The van der Waals surface area contributed by atoms with Crippen molar-refractivity contribution < 1.29 is 4.79 Å². The van der Waals surface area contributed by atoms with Gasteiger partial charge >= 0.3 is 0 Å². The van der Waals surface area contributed by atoms with Gasteiger partial charge in [-0.1, -0.05) is 124 Å². The lowest BCUT2D eigenvalue weighted by Gasteiger charge is -2.23. The molecule has 0 aliphatic heterocycles. The van der Waals surface area contributed by atoms with Crippen molar-refractivity contribution in [3.63, 3.8) is 0 Å². The molecule has 0 fully saturated rings. The zero-order valence-corrected chi connectivity index (χ0v) is 23.7. The van der Waals surface area contributed by atoms with E-state index in [1.807, 2.05) is 6.21 Å². The third-order valence-corrected chi connectivity index (χ3v) is 6.82. The summed E-state index contributed by atoms with van der Waals surface area (Å²) in [5, 5.41) is 4.33. The lowest BCUT2D eigenvalue weighted by molar-refractivity contribution is -0.121. The van der Waals surface area contributed by atoms with Gasteiger partial charge in [0.05, 0.1) is 0 Å². The number of rotatable bonds is 23. The van der Waals surface area contributed by atoms with Gasteiger partial charge in [0.1, 0.15) is 0 Å². The predicted octanol–water partition coefficient (Wildman–Crippen LogP) is 10.1. The first kappa shape index (κ1) is 32.7. The second-order valence-electron chi connectivity index (χ2n) is 10.5. The van der Waals surface area contributed by atoms with Crippen LogP contribution in [0.15, 0.2) is 22.5 Å². The Morgan fingerprint density at radius 1 is 0.735 bits per heavy atom. The summed E-state index contributed by atoms with van der Waals surface area (Å²) >= 11 is 0. The maximum absolute atomic E-state index is 12.2. The highest BCUT2D eigenvalue weighted by molar-refractivity contribution is 5.77. The number of carbonyl (C=O) groups is 1. The minimum Gasteiger partial charge on any atom is -0.273 e. The molecular formula is C31H58N2O. The van der Waals surface area contributed by atoms with Crippen molar-refractivity contribution in [1.82, 2.24) is 5.43 Å². The van der Waals surface area contributed by atoms with Gasteiger partial charge in [0, 0.05) is 18.1 Å². The summed E-state index contributed by atoms with van der Waals surface area (Å²) < 4.78 is 0. The van der Waals surface area contributed by atoms with Crippen LogP contribution in [-0.4, -0.2) is 12.1 Å². The molecule has 1 N–H and O–H groups in total. The largest absolute Gasteiger partial charge is 0.273 e. The van der Waals surface area contributed by atoms with Crippen molar-refractivity contribution in [3.8, 4) is 0 Å². The third kappa shape index (κ3) is 20.1. The lowest BCUT2D eigenvalue weighted by atomic mass is 9.81. The Bertz CT molecular complexity index is 570. The Kier molecular flexibility index (Phi) is 22.5. The number of carbonyl (C=O) groups excluding carboxylic acids is 1. The molecule has 0 saturated heterocycles. The highest BCUT2D eigenvalue weighted by Crippen LogP contribution is 2.28. The highest BCUT2D eigenvalue weighted by atomic mass is 16.2. The van der Waals surface area contributed by atoms with E-state index in [9.17, 15) is 4.79 Å². The fourth-order valence-corrected chi connectivity index (χ4v) is 4.28. The molecule has 0 heterocycles. The zero-order valence-electron chi connectivity index (χ0n) is 23.7. The molecule has 0 bridgehead atoms. The molecule has 3 nitrogen and oxygen atoms in total. The second-order valence-corrected chi connectivity index (χ2v) is 10.5. The summed E-state index contributed by atoms with van der Waals surface area (Å²) in [6, 6.07) is 0. The fraction of sp³-hybridized carbons (Fsp3) is 0.839. The second kappa shape index (κ2) is 23.4. The molecular weight excluding hydrogens is 416 g/mol. The van der Waals surface area contributed by atoms with Crippen molar-refractivity contribution in [1.29, 1.82) is 0 Å². The van der Waals surface area contributed by atoms with Crippen molar-refractivity contribution in [2.24, 2.45) is 10.5 Å². The SMILES string of the molecule is CCCCCCCCCCCCCCCCCC(=O)N/N=C/C(C=C=C(C)C)(CC)CCCC. The zero-order chi connectivity index (χ0) is 25.3. The van der Waals surface area contributed by atoms with Crippen LogP contribution in [0.2, 0.25) is 0 Å². The van der Waals surface area contributed by atoms with E-state index in [0.717, 1.165) is 38.5 Å². The molecule has 0 aromatic carbocycles. The number of amides is 1. The number of nitrogens with zero attached hydrogens (tertiary/aromatic N) is 1. The number of hydrazone groups is 1. The van der Waals surface area contributed by atoms with E-state index < -0.39 is 0 Å². The van der Waals surface area contributed by atoms with E-state index in [2.05, 4.69) is 57.0 Å². The third-order valence-electron chi connectivity index (χ3n) is 6.82. The molecule has 3 heteroatoms. The van der Waals surface area contributed by atoms with E-state index >= 15 is 0 Å². The van der Waals surface area contributed by atoms with Gasteiger partial charge in [-0.05, 0) is 44.8 Å². The lowest BCUT2D eigenvalue weighted by Crippen LogP contribution is -2.23. The molecule has 0 saturated carbocycles. The van der Waals surface area contributed by atoms with Gasteiger partial charge in [0.15, 0.2) is 0 Å². The van der Waals surface area contributed by atoms with Crippen LogP contribution in [0.3, 0.4) is 0 Å². The smallest absolute Gasteiger partial charge is 0.240 e. The van der Waals surface area contributed by atoms with Crippen LogP contribution in [0, 0.1) is 5.41 Å². The normalized spacial score (nSPS) is 13.0. The Labute approximate surface area is 213 Å². The summed E-state index contributed by atoms with van der Waals surface area (Å²) in [5.41, 5.74) is 7.17. The first-order chi connectivity index (χ1) is 16.5. The number of unbranched alkanes of at least 4 members (excludes halogenated alkanes) is 15. The Morgan fingerprint density at radius 3 is 1.65 bits per heavy atom. The summed E-state index contributed by atoms with van der Waals surface area (Å²) in [5.74, 6) is 0.0395. The van der Waals surface area contributed by atoms with E-state index in [0.29, 0.717) is 6.42 Å². The Balaban J connectivity index is 3.86. The van der Waals surface area contributed by atoms with Gasteiger partial charge in [-0.3, -0.25) is 4.79 Å². The summed E-state index contributed by atoms with van der Waals surface area (Å²) in [6.07, 6.45) is 29.1. The minimum absolute atomic E-state index is 0.0395. The molecule has 198 valence electrons. The molecule has 0 radical (unpaired) electrons. The topological polar surface area (TPSA) is 41.5 Å². The number of hydrogen-bond acceptors (Lipinski definition) is 2. The van der Waals surface area contributed by atoms with Gasteiger partial charge < -0.3 is 0 Å². The van der Waals surface area contributed by atoms with Crippen LogP contribution in [0.5, 0.6) is 0 Å². The maximum atomic E-state index is 12.2. The minimum atomic E-state index is -0.116. The van der Waals surface area contributed by atoms with Gasteiger partial charge in [-0.2, -0.15) is 5.10 Å². The first-order valence-corrected chi connectivity index (χ1v) is 14.7. The molecule has 0 aliphatic rings. The quantitative estimate of drug-likeness (QED) is 0.0680. The van der Waals surface area contributed by atoms with Crippen molar-refractivity contribution in [2.45, 2.75) is 163 Å².